The molecule has 0 spiro atoms. The first-order valence-corrected chi connectivity index (χ1v) is 7.02. The van der Waals surface area contributed by atoms with Crippen molar-refractivity contribution in [3.05, 3.63) is 11.4 Å². The van der Waals surface area contributed by atoms with E-state index in [4.69, 9.17) is 0 Å². The van der Waals surface area contributed by atoms with Crippen LogP contribution >= 0.6 is 11.3 Å². The van der Waals surface area contributed by atoms with Crippen molar-refractivity contribution < 1.29 is 5.11 Å². The minimum absolute atomic E-state index is 0.154. The van der Waals surface area contributed by atoms with E-state index in [0.29, 0.717) is 18.5 Å². The molecule has 0 saturated heterocycles. The number of thiophene rings is 1. The summed E-state index contributed by atoms with van der Waals surface area (Å²) in [7, 11) is 1.83. The van der Waals surface area contributed by atoms with Crippen molar-refractivity contribution in [2.24, 2.45) is 0 Å². The maximum absolute atomic E-state index is 9.23. The number of anilines is 2. The van der Waals surface area contributed by atoms with E-state index in [0.717, 1.165) is 16.0 Å². The molecule has 1 fully saturated rings. The van der Waals surface area contributed by atoms with Gasteiger partial charge >= 0.3 is 0 Å². The number of nitrogens with zero attached hydrogens (tertiary/aromatic N) is 3. The van der Waals surface area contributed by atoms with Crippen molar-refractivity contribution in [1.29, 1.82) is 0 Å². The van der Waals surface area contributed by atoms with Gasteiger partial charge in [0.2, 0.25) is 5.95 Å². The van der Waals surface area contributed by atoms with Gasteiger partial charge in [-0.3, -0.25) is 0 Å². The molecule has 2 aromatic heterocycles. The van der Waals surface area contributed by atoms with Gasteiger partial charge in [0, 0.05) is 19.6 Å². The number of rotatable bonds is 5. The molecule has 0 atom stereocenters. The molecule has 0 aliphatic heterocycles. The van der Waals surface area contributed by atoms with Gasteiger partial charge in [0.05, 0.1) is 12.0 Å². The quantitative estimate of drug-likeness (QED) is 0.860. The van der Waals surface area contributed by atoms with Crippen LogP contribution in [-0.2, 0) is 0 Å². The Morgan fingerprint density at radius 1 is 1.50 bits per heavy atom. The molecule has 0 radical (unpaired) electrons. The molecule has 6 heteroatoms. The standard InChI is InChI=1S/C12H16N4OS/c1-13-12-14-10(9-4-7-18-11(9)15-12)16(5-6-17)8-2-3-8/h4,7-8,17H,2-3,5-6H2,1H3,(H,13,14,15). The zero-order chi connectivity index (χ0) is 12.5. The van der Waals surface area contributed by atoms with E-state index in [9.17, 15) is 5.11 Å². The highest BCUT2D eigenvalue weighted by Gasteiger charge is 2.31. The van der Waals surface area contributed by atoms with Gasteiger partial charge in [0.25, 0.3) is 0 Å². The van der Waals surface area contributed by atoms with Crippen LogP contribution in [0.3, 0.4) is 0 Å². The molecule has 96 valence electrons. The van der Waals surface area contributed by atoms with Crippen molar-refractivity contribution in [3.63, 3.8) is 0 Å². The van der Waals surface area contributed by atoms with E-state index in [2.05, 4.69) is 26.3 Å². The molecule has 0 amide bonds. The van der Waals surface area contributed by atoms with E-state index in [1.807, 2.05) is 12.4 Å². The van der Waals surface area contributed by atoms with E-state index in [1.165, 1.54) is 12.8 Å². The molecule has 1 saturated carbocycles. The minimum Gasteiger partial charge on any atom is -0.395 e. The molecule has 1 aliphatic carbocycles. The van der Waals surface area contributed by atoms with Crippen LogP contribution in [0.15, 0.2) is 11.4 Å². The topological polar surface area (TPSA) is 61.3 Å². The third kappa shape index (κ3) is 2.02. The highest BCUT2D eigenvalue weighted by Crippen LogP contribution is 2.35. The largest absolute Gasteiger partial charge is 0.395 e. The predicted octanol–water partition coefficient (Wildman–Crippen LogP) is 1.69. The number of fused-ring (bicyclic) bond motifs is 1. The molecule has 2 N–H and O–H groups in total. The summed E-state index contributed by atoms with van der Waals surface area (Å²) in [6, 6.07) is 2.58. The highest BCUT2D eigenvalue weighted by atomic mass is 32.1. The van der Waals surface area contributed by atoms with Crippen molar-refractivity contribution in [1.82, 2.24) is 9.97 Å². The van der Waals surface area contributed by atoms with Gasteiger partial charge < -0.3 is 15.3 Å². The van der Waals surface area contributed by atoms with Crippen LogP contribution in [0.5, 0.6) is 0 Å². The maximum atomic E-state index is 9.23. The molecule has 0 aromatic carbocycles. The first kappa shape index (κ1) is 11.7. The summed E-state index contributed by atoms with van der Waals surface area (Å²) < 4.78 is 0. The average Bonchev–Trinajstić information content (AvgIpc) is 3.12. The van der Waals surface area contributed by atoms with Gasteiger partial charge in [-0.05, 0) is 24.3 Å². The zero-order valence-electron chi connectivity index (χ0n) is 10.3. The fraction of sp³-hybridized carbons (Fsp3) is 0.500. The van der Waals surface area contributed by atoms with Gasteiger partial charge in [-0.1, -0.05) is 0 Å². The zero-order valence-corrected chi connectivity index (χ0v) is 11.1. The Labute approximate surface area is 109 Å². The lowest BCUT2D eigenvalue weighted by molar-refractivity contribution is 0.301. The van der Waals surface area contributed by atoms with Gasteiger partial charge in [0.1, 0.15) is 10.6 Å². The Bertz CT molecular complexity index is 552. The van der Waals surface area contributed by atoms with E-state index >= 15 is 0 Å². The lowest BCUT2D eigenvalue weighted by Gasteiger charge is -2.23. The van der Waals surface area contributed by atoms with Crippen LogP contribution in [0, 0.1) is 0 Å². The molecular formula is C12H16N4OS. The van der Waals surface area contributed by atoms with Gasteiger partial charge in [0.15, 0.2) is 0 Å². The molecule has 1 aliphatic rings. The summed E-state index contributed by atoms with van der Waals surface area (Å²) in [5.41, 5.74) is 0. The number of hydrogen-bond donors (Lipinski definition) is 2. The van der Waals surface area contributed by atoms with Crippen molar-refractivity contribution >= 4 is 33.3 Å². The Hall–Kier alpha value is -1.40. The number of aliphatic hydroxyl groups is 1. The van der Waals surface area contributed by atoms with Gasteiger partial charge in [-0.25, -0.2) is 4.98 Å². The Morgan fingerprint density at radius 3 is 3.00 bits per heavy atom. The van der Waals surface area contributed by atoms with Crippen molar-refractivity contribution in [2.75, 3.05) is 30.4 Å². The van der Waals surface area contributed by atoms with Crippen LogP contribution in [0.1, 0.15) is 12.8 Å². The molecule has 2 heterocycles. The molecular weight excluding hydrogens is 248 g/mol. The summed E-state index contributed by atoms with van der Waals surface area (Å²) in [6.07, 6.45) is 2.37. The molecule has 2 aromatic rings. The summed E-state index contributed by atoms with van der Waals surface area (Å²) in [4.78, 5) is 12.2. The SMILES string of the molecule is CNc1nc(N(CCO)C2CC2)c2ccsc2n1. The summed E-state index contributed by atoms with van der Waals surface area (Å²) >= 11 is 1.62. The monoisotopic (exact) mass is 264 g/mol. The maximum Gasteiger partial charge on any atom is 0.225 e. The van der Waals surface area contributed by atoms with Crippen LogP contribution in [0.25, 0.3) is 10.2 Å². The Morgan fingerprint density at radius 2 is 2.33 bits per heavy atom. The van der Waals surface area contributed by atoms with E-state index in [1.54, 1.807) is 11.3 Å². The summed E-state index contributed by atoms with van der Waals surface area (Å²) in [6.45, 7) is 0.788. The van der Waals surface area contributed by atoms with Crippen LogP contribution in [-0.4, -0.2) is 41.3 Å². The van der Waals surface area contributed by atoms with Crippen LogP contribution in [0.4, 0.5) is 11.8 Å². The molecule has 0 bridgehead atoms. The van der Waals surface area contributed by atoms with Gasteiger partial charge in [-0.2, -0.15) is 4.98 Å². The molecule has 5 nitrogen and oxygen atoms in total. The first-order valence-electron chi connectivity index (χ1n) is 6.14. The number of hydrogen-bond acceptors (Lipinski definition) is 6. The highest BCUT2D eigenvalue weighted by molar-refractivity contribution is 7.16. The lowest BCUT2D eigenvalue weighted by atomic mass is 10.3. The summed E-state index contributed by atoms with van der Waals surface area (Å²) in [5, 5.41) is 15.3. The first-order chi connectivity index (χ1) is 8.83. The van der Waals surface area contributed by atoms with Crippen LogP contribution < -0.4 is 10.2 Å². The fourth-order valence-electron chi connectivity index (χ4n) is 2.13. The number of aromatic nitrogens is 2. The number of aliphatic hydroxyl groups excluding tert-OH is 1. The Balaban J connectivity index is 2.09. The third-order valence-electron chi connectivity index (χ3n) is 3.13. The van der Waals surface area contributed by atoms with E-state index < -0.39 is 0 Å². The second-order valence-corrected chi connectivity index (χ2v) is 5.30. The molecule has 0 unspecified atom stereocenters. The van der Waals surface area contributed by atoms with Gasteiger partial charge in [-0.15, -0.1) is 11.3 Å². The Kier molecular flexibility index (Phi) is 3.05. The van der Waals surface area contributed by atoms with Crippen molar-refractivity contribution in [3.8, 4) is 0 Å². The fourth-order valence-corrected chi connectivity index (χ4v) is 2.88. The molecule has 18 heavy (non-hydrogen) atoms. The second kappa shape index (κ2) is 4.70. The predicted molar refractivity (Wildman–Crippen MR) is 74.4 cm³/mol. The normalized spacial score (nSPS) is 15.0. The number of nitrogens with one attached hydrogen (secondary N) is 1. The van der Waals surface area contributed by atoms with E-state index in [-0.39, 0.29) is 6.61 Å². The third-order valence-corrected chi connectivity index (χ3v) is 3.94. The average molecular weight is 264 g/mol. The molecule has 3 rings (SSSR count). The lowest BCUT2D eigenvalue weighted by Crippen LogP contribution is -2.30. The van der Waals surface area contributed by atoms with Crippen molar-refractivity contribution in [2.45, 2.75) is 18.9 Å². The second-order valence-electron chi connectivity index (χ2n) is 4.41. The van der Waals surface area contributed by atoms with Crippen LogP contribution in [0.2, 0.25) is 0 Å². The summed E-state index contributed by atoms with van der Waals surface area (Å²) in [5.74, 6) is 1.59. The minimum atomic E-state index is 0.154. The smallest absolute Gasteiger partial charge is 0.225 e.